The molecule has 0 saturated heterocycles. The van der Waals surface area contributed by atoms with E-state index in [4.69, 9.17) is 9.97 Å². The molecular formula is C38H27N5. The highest BCUT2D eigenvalue weighted by Crippen LogP contribution is 2.35. The molecule has 0 aliphatic carbocycles. The highest BCUT2D eigenvalue weighted by Gasteiger charge is 2.16. The highest BCUT2D eigenvalue weighted by atomic mass is 14.9. The second-order valence-electron chi connectivity index (χ2n) is 10.6. The van der Waals surface area contributed by atoms with Crippen LogP contribution in [0.25, 0.3) is 68.6 Å². The summed E-state index contributed by atoms with van der Waals surface area (Å²) in [4.78, 5) is 17.6. The molecule has 3 aromatic heterocycles. The molecule has 5 heteroatoms. The van der Waals surface area contributed by atoms with Gasteiger partial charge in [-0.15, -0.1) is 0 Å². The second-order valence-corrected chi connectivity index (χ2v) is 10.6. The Morgan fingerprint density at radius 1 is 0.465 bits per heavy atom. The molecule has 2 aliphatic rings. The van der Waals surface area contributed by atoms with Crippen molar-refractivity contribution in [1.82, 2.24) is 19.9 Å². The van der Waals surface area contributed by atoms with Crippen LogP contribution in [0.15, 0.2) is 121 Å². The topological polar surface area (TPSA) is 69.4 Å². The Balaban J connectivity index is 1.50. The van der Waals surface area contributed by atoms with Gasteiger partial charge >= 0.3 is 0 Å². The molecule has 0 spiro atoms. The maximum Gasteiger partial charge on any atom is 0.0894 e. The lowest BCUT2D eigenvalue weighted by atomic mass is 10.0. The van der Waals surface area contributed by atoms with Crippen molar-refractivity contribution < 1.29 is 0 Å². The fourth-order valence-corrected chi connectivity index (χ4v) is 5.75. The summed E-state index contributed by atoms with van der Waals surface area (Å²) >= 11 is 0. The molecule has 0 atom stereocenters. The Morgan fingerprint density at radius 2 is 1.02 bits per heavy atom. The number of fused-ring (bicyclic) bond motifs is 8. The van der Waals surface area contributed by atoms with Crippen LogP contribution in [0.3, 0.4) is 0 Å². The summed E-state index contributed by atoms with van der Waals surface area (Å²) in [5.41, 5.74) is 13.6. The third-order valence-electron chi connectivity index (χ3n) is 7.74. The Morgan fingerprint density at radius 3 is 1.74 bits per heavy atom. The summed E-state index contributed by atoms with van der Waals surface area (Å²) in [6, 6.07) is 41.6. The third-order valence-corrected chi connectivity index (χ3v) is 7.74. The van der Waals surface area contributed by atoms with Gasteiger partial charge in [-0.3, -0.25) is 0 Å². The van der Waals surface area contributed by atoms with Crippen LogP contribution in [0.2, 0.25) is 0 Å². The number of hydrogen-bond acceptors (Lipinski definition) is 3. The van der Waals surface area contributed by atoms with E-state index in [2.05, 4.69) is 131 Å². The van der Waals surface area contributed by atoms with Crippen LogP contribution in [0.1, 0.15) is 22.8 Å². The Labute approximate surface area is 249 Å². The highest BCUT2D eigenvalue weighted by molar-refractivity contribution is 5.96. The van der Waals surface area contributed by atoms with E-state index in [-0.39, 0.29) is 0 Å². The fourth-order valence-electron chi connectivity index (χ4n) is 5.75. The smallest absolute Gasteiger partial charge is 0.0894 e. The molecule has 0 unspecified atom stereocenters. The van der Waals surface area contributed by atoms with E-state index in [1.54, 1.807) is 0 Å². The zero-order valence-electron chi connectivity index (χ0n) is 23.3. The van der Waals surface area contributed by atoms with Crippen LogP contribution in [0, 0.1) is 0 Å². The Hall–Kier alpha value is -5.94. The van der Waals surface area contributed by atoms with Crippen molar-refractivity contribution in [1.29, 1.82) is 0 Å². The predicted octanol–water partition coefficient (Wildman–Crippen LogP) is 9.73. The van der Waals surface area contributed by atoms with Crippen molar-refractivity contribution in [3.05, 3.63) is 144 Å². The van der Waals surface area contributed by atoms with Crippen LogP contribution in [-0.2, 0) is 0 Å². The molecule has 8 rings (SSSR count). The lowest BCUT2D eigenvalue weighted by Crippen LogP contribution is -1.94. The number of hydrogen-bond donors (Lipinski definition) is 3. The summed E-state index contributed by atoms with van der Waals surface area (Å²) in [5.74, 6) is 0. The summed E-state index contributed by atoms with van der Waals surface area (Å²) in [6.45, 7) is 0. The van der Waals surface area contributed by atoms with Gasteiger partial charge in [-0.25, -0.2) is 9.97 Å². The second kappa shape index (κ2) is 10.5. The molecule has 8 bridgehead atoms. The molecule has 3 aromatic carbocycles. The number of nitrogens with zero attached hydrogens (tertiary/aromatic N) is 2. The van der Waals surface area contributed by atoms with E-state index in [1.807, 2.05) is 30.3 Å². The van der Waals surface area contributed by atoms with Crippen molar-refractivity contribution in [3.63, 3.8) is 0 Å². The largest absolute Gasteiger partial charge is 0.355 e. The molecule has 5 nitrogen and oxygen atoms in total. The quantitative estimate of drug-likeness (QED) is 0.203. The third kappa shape index (κ3) is 4.73. The first kappa shape index (κ1) is 24.8. The van der Waals surface area contributed by atoms with Crippen molar-refractivity contribution >= 4 is 57.7 Å². The first-order valence-corrected chi connectivity index (χ1v) is 14.3. The van der Waals surface area contributed by atoms with Gasteiger partial charge < -0.3 is 15.3 Å². The van der Waals surface area contributed by atoms with Gasteiger partial charge in [-0.1, -0.05) is 78.9 Å². The van der Waals surface area contributed by atoms with E-state index in [0.29, 0.717) is 0 Å². The molecule has 204 valence electrons. The number of aromatic nitrogens is 4. The Bertz CT molecular complexity index is 2150. The summed E-state index contributed by atoms with van der Waals surface area (Å²) in [6.07, 6.45) is 8.35. The number of rotatable bonds is 4. The maximum absolute atomic E-state index is 5.23. The Kier molecular flexibility index (Phi) is 6.05. The molecule has 2 aliphatic heterocycles. The first-order valence-electron chi connectivity index (χ1n) is 14.3. The minimum absolute atomic E-state index is 0.848. The summed E-state index contributed by atoms with van der Waals surface area (Å²) < 4.78 is 0. The lowest BCUT2D eigenvalue weighted by Gasteiger charge is -2.08. The van der Waals surface area contributed by atoms with Crippen molar-refractivity contribution in [2.24, 2.45) is 0 Å². The maximum atomic E-state index is 5.23. The van der Waals surface area contributed by atoms with E-state index in [1.165, 1.54) is 0 Å². The van der Waals surface area contributed by atoms with Crippen LogP contribution in [0.5, 0.6) is 0 Å². The van der Waals surface area contributed by atoms with Crippen molar-refractivity contribution in [3.8, 4) is 22.3 Å². The zero-order valence-corrected chi connectivity index (χ0v) is 23.3. The van der Waals surface area contributed by atoms with Gasteiger partial charge in [0.15, 0.2) is 0 Å². The molecule has 5 heterocycles. The minimum atomic E-state index is 0.848. The number of para-hydroxylation sites is 1. The van der Waals surface area contributed by atoms with Gasteiger partial charge in [0, 0.05) is 33.4 Å². The standard InChI is InChI=1S/C38H27N5/c1-4-10-25(11-5-1)36-30-18-16-28(39-30)24-29-17-19-31(40-29)37(26-12-6-2-7-13-26)33-21-23-35(43-33)38(34-22-20-32(36)42-34)41-27-14-8-3-9-15-27/h1-24,39,41,43H. The van der Waals surface area contributed by atoms with Crippen LogP contribution < -0.4 is 5.32 Å². The van der Waals surface area contributed by atoms with Crippen LogP contribution in [0.4, 0.5) is 11.4 Å². The van der Waals surface area contributed by atoms with Gasteiger partial charge in [-0.05, 0) is 77.9 Å². The van der Waals surface area contributed by atoms with Gasteiger partial charge in [0.25, 0.3) is 0 Å². The number of anilines is 2. The molecule has 0 saturated carbocycles. The normalized spacial score (nSPS) is 12.0. The van der Waals surface area contributed by atoms with Gasteiger partial charge in [-0.2, -0.15) is 0 Å². The van der Waals surface area contributed by atoms with Gasteiger partial charge in [0.1, 0.15) is 0 Å². The van der Waals surface area contributed by atoms with E-state index < -0.39 is 0 Å². The predicted molar refractivity (Wildman–Crippen MR) is 179 cm³/mol. The molecule has 6 aromatic rings. The van der Waals surface area contributed by atoms with Crippen molar-refractivity contribution in [2.45, 2.75) is 0 Å². The number of aromatic amines is 2. The average molecular weight is 554 g/mol. The van der Waals surface area contributed by atoms with E-state index >= 15 is 0 Å². The average Bonchev–Trinajstić information content (AvgIpc) is 3.88. The molecular weight excluding hydrogens is 526 g/mol. The van der Waals surface area contributed by atoms with E-state index in [9.17, 15) is 0 Å². The number of H-pyrrole nitrogens is 2. The first-order chi connectivity index (χ1) is 21.3. The van der Waals surface area contributed by atoms with Crippen LogP contribution >= 0.6 is 0 Å². The molecule has 3 N–H and O–H groups in total. The molecule has 43 heavy (non-hydrogen) atoms. The van der Waals surface area contributed by atoms with Crippen LogP contribution in [-0.4, -0.2) is 19.9 Å². The minimum Gasteiger partial charge on any atom is -0.355 e. The summed E-state index contributed by atoms with van der Waals surface area (Å²) in [5, 5.41) is 3.66. The summed E-state index contributed by atoms with van der Waals surface area (Å²) in [7, 11) is 0. The monoisotopic (exact) mass is 553 g/mol. The van der Waals surface area contributed by atoms with Crippen molar-refractivity contribution in [2.75, 3.05) is 5.32 Å². The molecule has 0 radical (unpaired) electrons. The lowest BCUT2D eigenvalue weighted by molar-refractivity contribution is 1.31. The zero-order chi connectivity index (χ0) is 28.6. The number of benzene rings is 3. The SMILES string of the molecule is C1=Cc2nc1cc1ccc([nH]1)c(-c1ccccc1)c1nc(c(Nc3ccccc3)c3ccc([nH]3)c2-c2ccccc2)C=C1. The van der Waals surface area contributed by atoms with Gasteiger partial charge in [0.05, 0.1) is 34.0 Å². The molecule has 0 amide bonds. The van der Waals surface area contributed by atoms with E-state index in [0.717, 1.165) is 78.5 Å². The molecule has 0 fully saturated rings. The number of nitrogens with one attached hydrogen (secondary N) is 3. The fraction of sp³-hybridized carbons (Fsp3) is 0. The van der Waals surface area contributed by atoms with Gasteiger partial charge in [0.2, 0.25) is 0 Å².